The van der Waals surface area contributed by atoms with Crippen LogP contribution in [0.25, 0.3) is 5.57 Å². The van der Waals surface area contributed by atoms with Crippen LogP contribution in [0.2, 0.25) is 0 Å². The van der Waals surface area contributed by atoms with E-state index >= 15 is 0 Å². The topological polar surface area (TPSA) is 49.3 Å². The van der Waals surface area contributed by atoms with Gasteiger partial charge in [0.25, 0.3) is 0 Å². The van der Waals surface area contributed by atoms with Gasteiger partial charge in [-0.05, 0) is 23.3 Å². The number of benzene rings is 1. The molecule has 3 nitrogen and oxygen atoms in total. The fraction of sp³-hybridized carbons (Fsp3) is 0.111. The average Bonchev–Trinajstić information content (AvgIpc) is 2.14. The molecule has 0 saturated heterocycles. The van der Waals surface area contributed by atoms with Crippen LogP contribution < -0.4 is 4.72 Å². The third-order valence-corrected chi connectivity index (χ3v) is 2.03. The van der Waals surface area contributed by atoms with Gasteiger partial charge in [0.2, 0.25) is 11.3 Å². The first-order chi connectivity index (χ1) is 6.59. The minimum Gasteiger partial charge on any atom is -0.294 e. The SMILES string of the molecule is C=C(CNS(=O)O)c1cccc(F)c1. The van der Waals surface area contributed by atoms with Gasteiger partial charge in [-0.2, -0.15) is 0 Å². The fourth-order valence-corrected chi connectivity index (χ4v) is 1.26. The molecule has 0 radical (unpaired) electrons. The zero-order chi connectivity index (χ0) is 10.6. The molecule has 0 heterocycles. The number of nitrogens with one attached hydrogen (secondary N) is 1. The van der Waals surface area contributed by atoms with Gasteiger partial charge in [0.1, 0.15) is 5.82 Å². The van der Waals surface area contributed by atoms with E-state index in [-0.39, 0.29) is 12.4 Å². The van der Waals surface area contributed by atoms with Crippen molar-refractivity contribution in [3.63, 3.8) is 0 Å². The Balaban J connectivity index is 2.65. The lowest BCUT2D eigenvalue weighted by Crippen LogP contribution is -2.18. The smallest absolute Gasteiger partial charge is 0.232 e. The summed E-state index contributed by atoms with van der Waals surface area (Å²) in [5.41, 5.74) is 1.18. The van der Waals surface area contributed by atoms with Crippen molar-refractivity contribution in [2.75, 3.05) is 6.54 Å². The lowest BCUT2D eigenvalue weighted by Gasteiger charge is -2.04. The van der Waals surface area contributed by atoms with Crippen LogP contribution in [0.3, 0.4) is 0 Å². The van der Waals surface area contributed by atoms with E-state index in [1.807, 2.05) is 0 Å². The molecule has 0 fully saturated rings. The van der Waals surface area contributed by atoms with Crippen molar-refractivity contribution >= 4 is 16.8 Å². The number of hydrogen-bond donors (Lipinski definition) is 2. The van der Waals surface area contributed by atoms with Crippen molar-refractivity contribution in [3.8, 4) is 0 Å². The predicted molar refractivity (Wildman–Crippen MR) is 54.2 cm³/mol. The Hall–Kier alpha value is -1.04. The van der Waals surface area contributed by atoms with Crippen molar-refractivity contribution in [1.29, 1.82) is 0 Å². The summed E-state index contributed by atoms with van der Waals surface area (Å²) in [5, 5.41) is 0. The summed E-state index contributed by atoms with van der Waals surface area (Å²) < 4.78 is 33.8. The molecular weight excluding hydrogens is 205 g/mol. The monoisotopic (exact) mass is 215 g/mol. The van der Waals surface area contributed by atoms with Crippen LogP contribution in [0.15, 0.2) is 30.8 Å². The largest absolute Gasteiger partial charge is 0.294 e. The van der Waals surface area contributed by atoms with Crippen molar-refractivity contribution in [3.05, 3.63) is 42.2 Å². The van der Waals surface area contributed by atoms with E-state index in [9.17, 15) is 8.60 Å². The minimum atomic E-state index is -2.07. The van der Waals surface area contributed by atoms with Gasteiger partial charge in [-0.1, -0.05) is 18.7 Å². The highest BCUT2D eigenvalue weighted by molar-refractivity contribution is 7.77. The predicted octanol–water partition coefficient (Wildman–Crippen LogP) is 1.57. The van der Waals surface area contributed by atoms with E-state index in [4.69, 9.17) is 4.55 Å². The van der Waals surface area contributed by atoms with Gasteiger partial charge in [-0.3, -0.25) is 4.55 Å². The Morgan fingerprint density at radius 3 is 2.93 bits per heavy atom. The maximum Gasteiger partial charge on any atom is 0.232 e. The molecule has 76 valence electrons. The molecule has 5 heteroatoms. The fourth-order valence-electron chi connectivity index (χ4n) is 0.959. The molecule has 0 aliphatic carbocycles. The Morgan fingerprint density at radius 2 is 2.36 bits per heavy atom. The normalized spacial score (nSPS) is 12.4. The Bertz CT molecular complexity index is 368. The van der Waals surface area contributed by atoms with Gasteiger partial charge in [-0.25, -0.2) is 13.3 Å². The summed E-state index contributed by atoms with van der Waals surface area (Å²) in [5.74, 6) is -0.353. The molecular formula is C9H10FNO2S. The summed E-state index contributed by atoms with van der Waals surface area (Å²) in [6, 6.07) is 5.90. The van der Waals surface area contributed by atoms with Crippen LogP contribution in [-0.2, 0) is 11.3 Å². The standard InChI is InChI=1S/C9H10FNO2S/c1-7(6-11-14(12)13)8-3-2-4-9(10)5-8/h2-5,11H,1,6H2,(H,12,13). The van der Waals surface area contributed by atoms with Gasteiger partial charge in [-0.15, -0.1) is 0 Å². The third-order valence-electron chi connectivity index (χ3n) is 1.64. The molecule has 1 aromatic carbocycles. The first-order valence-corrected chi connectivity index (χ1v) is 4.98. The van der Waals surface area contributed by atoms with Crippen molar-refractivity contribution in [2.45, 2.75) is 0 Å². The molecule has 1 rings (SSSR count). The van der Waals surface area contributed by atoms with Crippen LogP contribution >= 0.6 is 0 Å². The molecule has 1 unspecified atom stereocenters. The summed E-state index contributed by atoms with van der Waals surface area (Å²) in [6.45, 7) is 3.81. The summed E-state index contributed by atoms with van der Waals surface area (Å²) in [6.07, 6.45) is 0. The minimum absolute atomic E-state index is 0.145. The lowest BCUT2D eigenvalue weighted by atomic mass is 10.1. The Morgan fingerprint density at radius 1 is 1.64 bits per heavy atom. The van der Waals surface area contributed by atoms with Crippen LogP contribution in [-0.4, -0.2) is 15.3 Å². The number of rotatable bonds is 4. The molecule has 0 bridgehead atoms. The number of hydrogen-bond acceptors (Lipinski definition) is 1. The Kier molecular flexibility index (Phi) is 3.94. The van der Waals surface area contributed by atoms with Crippen LogP contribution in [0.1, 0.15) is 5.56 Å². The van der Waals surface area contributed by atoms with Crippen LogP contribution in [0.5, 0.6) is 0 Å². The highest BCUT2D eigenvalue weighted by Crippen LogP contribution is 2.12. The molecule has 2 N–H and O–H groups in total. The van der Waals surface area contributed by atoms with E-state index in [1.165, 1.54) is 12.1 Å². The lowest BCUT2D eigenvalue weighted by molar-refractivity contribution is 0.553. The molecule has 0 aromatic heterocycles. The highest BCUT2D eigenvalue weighted by atomic mass is 32.2. The van der Waals surface area contributed by atoms with Gasteiger partial charge >= 0.3 is 0 Å². The van der Waals surface area contributed by atoms with Gasteiger partial charge in [0.05, 0.1) is 0 Å². The van der Waals surface area contributed by atoms with E-state index in [1.54, 1.807) is 12.1 Å². The zero-order valence-electron chi connectivity index (χ0n) is 7.37. The van der Waals surface area contributed by atoms with Gasteiger partial charge in [0, 0.05) is 6.54 Å². The average molecular weight is 215 g/mol. The van der Waals surface area contributed by atoms with E-state index in [2.05, 4.69) is 11.3 Å². The number of halogens is 1. The Labute approximate surface area is 84.1 Å². The van der Waals surface area contributed by atoms with E-state index in [0.717, 1.165) is 0 Å². The second kappa shape index (κ2) is 4.99. The van der Waals surface area contributed by atoms with Crippen LogP contribution in [0, 0.1) is 5.82 Å². The first kappa shape index (κ1) is 11.0. The second-order valence-electron chi connectivity index (χ2n) is 2.68. The molecule has 14 heavy (non-hydrogen) atoms. The summed E-state index contributed by atoms with van der Waals surface area (Å²) in [4.78, 5) is 0. The maximum atomic E-state index is 12.8. The molecule has 1 aromatic rings. The van der Waals surface area contributed by atoms with Crippen molar-refractivity contribution < 1.29 is 13.2 Å². The molecule has 0 saturated carbocycles. The zero-order valence-corrected chi connectivity index (χ0v) is 8.18. The molecule has 1 atom stereocenters. The quantitative estimate of drug-likeness (QED) is 0.749. The van der Waals surface area contributed by atoms with E-state index in [0.29, 0.717) is 11.1 Å². The maximum absolute atomic E-state index is 12.8. The highest BCUT2D eigenvalue weighted by Gasteiger charge is 2.01. The molecule has 0 aliphatic heterocycles. The van der Waals surface area contributed by atoms with Crippen LogP contribution in [0.4, 0.5) is 4.39 Å². The second-order valence-corrected chi connectivity index (χ2v) is 3.47. The van der Waals surface area contributed by atoms with E-state index < -0.39 is 11.3 Å². The molecule has 0 spiro atoms. The van der Waals surface area contributed by atoms with Gasteiger partial charge < -0.3 is 0 Å². The molecule has 0 amide bonds. The van der Waals surface area contributed by atoms with Crippen molar-refractivity contribution in [2.24, 2.45) is 0 Å². The summed E-state index contributed by atoms with van der Waals surface area (Å²) in [7, 11) is 0. The van der Waals surface area contributed by atoms with Crippen molar-refractivity contribution in [1.82, 2.24) is 4.72 Å². The summed E-state index contributed by atoms with van der Waals surface area (Å²) >= 11 is -2.07. The first-order valence-electron chi connectivity index (χ1n) is 3.87. The van der Waals surface area contributed by atoms with Gasteiger partial charge in [0.15, 0.2) is 0 Å². The molecule has 0 aliphatic rings. The third kappa shape index (κ3) is 3.37.